The monoisotopic (exact) mass is 487 g/mol. The fourth-order valence-electron chi connectivity index (χ4n) is 5.91. The first-order valence-electron chi connectivity index (χ1n) is 11.7. The Labute approximate surface area is 200 Å². The van der Waals surface area contributed by atoms with Crippen molar-refractivity contribution in [1.82, 2.24) is 14.8 Å². The Morgan fingerprint density at radius 3 is 2.74 bits per heavy atom. The molecule has 2 aliphatic heterocycles. The average molecular weight is 488 g/mol. The molecule has 3 aromatic heterocycles. The number of rotatable bonds is 1. The number of hydrogen-bond acceptors (Lipinski definition) is 2. The van der Waals surface area contributed by atoms with Crippen LogP contribution in [0.2, 0.25) is 19.6 Å². The normalized spacial score (nSPS) is 19.5. The number of aromatic nitrogens is 5. The molecule has 3 aliphatic rings. The Hall–Kier alpha value is -3.72. The van der Waals surface area contributed by atoms with Gasteiger partial charge in [-0.15, -0.1) is 0 Å². The number of H-pyrrole nitrogens is 1. The van der Waals surface area contributed by atoms with Gasteiger partial charge in [-0.2, -0.15) is 14.1 Å². The van der Waals surface area contributed by atoms with Gasteiger partial charge in [0.1, 0.15) is 17.6 Å². The molecular weight excluding hydrogens is 464 g/mol. The molecule has 0 saturated heterocycles. The molecule has 1 aliphatic carbocycles. The predicted molar refractivity (Wildman–Crippen MR) is 128 cm³/mol. The van der Waals surface area contributed by atoms with Crippen LogP contribution in [0.25, 0.3) is 28.5 Å². The quantitative estimate of drug-likeness (QED) is 0.332. The average Bonchev–Trinajstić information content (AvgIpc) is 3.11. The van der Waals surface area contributed by atoms with Crippen molar-refractivity contribution < 1.29 is 17.9 Å². The van der Waals surface area contributed by atoms with Gasteiger partial charge in [-0.05, 0) is 17.7 Å². The lowest BCUT2D eigenvalue weighted by Crippen LogP contribution is -2.60. The molecule has 0 amide bonds. The van der Waals surface area contributed by atoms with Crippen molar-refractivity contribution in [1.29, 1.82) is 0 Å². The molecule has 35 heavy (non-hydrogen) atoms. The molecular formula is C26H23F2N5OSi+2. The number of nitrogens with zero attached hydrogens (tertiary/aromatic N) is 4. The van der Waals surface area contributed by atoms with Crippen LogP contribution in [-0.2, 0) is 6.54 Å². The van der Waals surface area contributed by atoms with E-state index in [0.717, 1.165) is 28.7 Å². The third-order valence-electron chi connectivity index (χ3n) is 7.49. The first kappa shape index (κ1) is 20.6. The van der Waals surface area contributed by atoms with E-state index in [1.54, 1.807) is 4.68 Å². The molecule has 7 rings (SSSR count). The van der Waals surface area contributed by atoms with E-state index in [0.29, 0.717) is 23.5 Å². The van der Waals surface area contributed by atoms with E-state index < -0.39 is 25.4 Å². The van der Waals surface area contributed by atoms with Gasteiger partial charge in [0.15, 0.2) is 12.4 Å². The second-order valence-corrected chi connectivity index (χ2v) is 15.6. The van der Waals surface area contributed by atoms with Gasteiger partial charge in [0.2, 0.25) is 23.3 Å². The molecule has 2 unspecified atom stereocenters. The maximum atomic E-state index is 15.4. The second kappa shape index (κ2) is 6.69. The highest BCUT2D eigenvalue weighted by atomic mass is 28.3. The molecule has 2 atom stereocenters. The highest BCUT2D eigenvalue weighted by Gasteiger charge is 2.60. The third-order valence-corrected chi connectivity index (χ3v) is 9.51. The van der Waals surface area contributed by atoms with E-state index in [-0.39, 0.29) is 12.0 Å². The van der Waals surface area contributed by atoms with Crippen molar-refractivity contribution in [2.24, 2.45) is 0 Å². The SMILES string of the molecule is C[Si](C)(C)c1ccc2[n+](c1)C1C3=C(C1c1cc(F)cc(F)c1-2)[n+]1ccccc1-c1nc(=O)[nH]n1C3. The van der Waals surface area contributed by atoms with E-state index in [1.165, 1.54) is 11.3 Å². The minimum atomic E-state index is -1.66. The van der Waals surface area contributed by atoms with Crippen molar-refractivity contribution in [3.63, 3.8) is 0 Å². The summed E-state index contributed by atoms with van der Waals surface area (Å²) in [4.78, 5) is 16.4. The molecule has 1 N–H and O–H groups in total. The Morgan fingerprint density at radius 1 is 1.11 bits per heavy atom. The molecule has 5 heterocycles. The number of allylic oxidation sites excluding steroid dienone is 2. The standard InChI is InChI=1S/C26H22F2N5OSi/c1-35(2,3)15-7-8-19-21-16(10-14(27)11-18(21)28)22-23-17(24(22)32(19)12-15)13-33-25(29-26(34)30-33)20-6-4-5-9-31(20)23/h4-12,22,24H,13H2,1-3H3/q+1/p+1. The Bertz CT molecular complexity index is 1680. The van der Waals surface area contributed by atoms with Crippen molar-refractivity contribution >= 4 is 19.0 Å². The maximum Gasteiger partial charge on any atom is 0.362 e. The number of nitrogens with one attached hydrogen (secondary N) is 1. The fourth-order valence-corrected chi connectivity index (χ4v) is 7.02. The molecule has 6 nitrogen and oxygen atoms in total. The van der Waals surface area contributed by atoms with Crippen LogP contribution >= 0.6 is 0 Å². The van der Waals surface area contributed by atoms with Crippen molar-refractivity contribution in [2.75, 3.05) is 0 Å². The lowest BCUT2D eigenvalue weighted by molar-refractivity contribution is -0.718. The molecule has 1 aromatic carbocycles. The first-order valence-corrected chi connectivity index (χ1v) is 15.2. The zero-order chi connectivity index (χ0) is 24.2. The molecule has 0 radical (unpaired) electrons. The van der Waals surface area contributed by atoms with E-state index in [2.05, 4.69) is 46.6 Å². The molecule has 0 saturated carbocycles. The summed E-state index contributed by atoms with van der Waals surface area (Å²) in [5.41, 5.74) is 4.29. The zero-order valence-electron chi connectivity index (χ0n) is 19.5. The van der Waals surface area contributed by atoms with Crippen LogP contribution in [0, 0.1) is 11.6 Å². The van der Waals surface area contributed by atoms with Gasteiger partial charge in [-0.25, -0.2) is 18.7 Å². The third kappa shape index (κ3) is 2.72. The molecule has 0 fully saturated rings. The van der Waals surface area contributed by atoms with E-state index >= 15 is 4.39 Å². The lowest BCUT2D eigenvalue weighted by atomic mass is 9.68. The van der Waals surface area contributed by atoms with Gasteiger partial charge in [-0.3, -0.25) is 4.68 Å². The van der Waals surface area contributed by atoms with Gasteiger partial charge in [0, 0.05) is 29.5 Å². The smallest absolute Gasteiger partial charge is 0.256 e. The summed E-state index contributed by atoms with van der Waals surface area (Å²) in [5.74, 6) is -0.813. The van der Waals surface area contributed by atoms with Crippen LogP contribution in [0.5, 0.6) is 0 Å². The molecule has 9 heteroatoms. The van der Waals surface area contributed by atoms with E-state index in [1.807, 2.05) is 35.0 Å². The highest BCUT2D eigenvalue weighted by molar-refractivity contribution is 6.88. The largest absolute Gasteiger partial charge is 0.362 e. The summed E-state index contributed by atoms with van der Waals surface area (Å²) >= 11 is 0. The molecule has 4 aromatic rings. The number of fused-ring (bicyclic) bond motifs is 12. The molecule has 174 valence electrons. The summed E-state index contributed by atoms with van der Waals surface area (Å²) in [6.45, 7) is 7.29. The number of halogens is 2. The van der Waals surface area contributed by atoms with Gasteiger partial charge in [0.05, 0.1) is 25.8 Å². The Morgan fingerprint density at radius 2 is 1.94 bits per heavy atom. The zero-order valence-corrected chi connectivity index (χ0v) is 20.5. The van der Waals surface area contributed by atoms with Gasteiger partial charge < -0.3 is 0 Å². The van der Waals surface area contributed by atoms with Crippen LogP contribution < -0.4 is 20.0 Å². The van der Waals surface area contributed by atoms with Crippen molar-refractivity contribution in [3.8, 4) is 22.8 Å². The summed E-state index contributed by atoms with van der Waals surface area (Å²) in [6, 6.07) is 12.1. The van der Waals surface area contributed by atoms with Crippen molar-refractivity contribution in [2.45, 2.75) is 38.1 Å². The van der Waals surface area contributed by atoms with Crippen molar-refractivity contribution in [3.05, 3.63) is 88.1 Å². The van der Waals surface area contributed by atoms with Gasteiger partial charge in [-0.1, -0.05) is 25.7 Å². The lowest BCUT2D eigenvalue weighted by Gasteiger charge is -2.38. The summed E-state index contributed by atoms with van der Waals surface area (Å²) in [5, 5.41) is 4.10. The van der Waals surface area contributed by atoms with Crippen LogP contribution in [0.1, 0.15) is 17.5 Å². The molecule has 0 bridgehead atoms. The number of pyridine rings is 2. The topological polar surface area (TPSA) is 58.4 Å². The van der Waals surface area contributed by atoms with Crippen LogP contribution in [0.3, 0.4) is 0 Å². The summed E-state index contributed by atoms with van der Waals surface area (Å²) in [7, 11) is -1.66. The van der Waals surface area contributed by atoms with E-state index in [9.17, 15) is 9.18 Å². The Balaban J connectivity index is 1.56. The van der Waals surface area contributed by atoms with Gasteiger partial charge in [0.25, 0.3) is 5.69 Å². The number of benzene rings is 1. The number of hydrogen-bond donors (Lipinski definition) is 1. The minimum Gasteiger partial charge on any atom is -0.256 e. The number of aromatic amines is 1. The van der Waals surface area contributed by atoms with Crippen LogP contribution in [-0.4, -0.2) is 22.8 Å². The molecule has 0 spiro atoms. The highest BCUT2D eigenvalue weighted by Crippen LogP contribution is 2.55. The van der Waals surface area contributed by atoms with E-state index in [4.69, 9.17) is 0 Å². The second-order valence-electron chi connectivity index (χ2n) is 10.5. The fraction of sp³-hybridized carbons (Fsp3) is 0.231. The van der Waals surface area contributed by atoms with Crippen LogP contribution in [0.4, 0.5) is 8.78 Å². The minimum absolute atomic E-state index is 0.123. The Kier molecular flexibility index (Phi) is 3.94. The van der Waals surface area contributed by atoms with Gasteiger partial charge >= 0.3 is 5.69 Å². The maximum absolute atomic E-state index is 15.4. The summed E-state index contributed by atoms with van der Waals surface area (Å²) in [6.07, 6.45) is 4.09. The van der Waals surface area contributed by atoms with Crippen LogP contribution in [0.15, 0.2) is 65.2 Å². The first-order chi connectivity index (χ1) is 16.7. The predicted octanol–water partition coefficient (Wildman–Crippen LogP) is 2.88. The summed E-state index contributed by atoms with van der Waals surface area (Å²) < 4.78 is 35.9.